The van der Waals surface area contributed by atoms with Crippen molar-refractivity contribution >= 4 is 29.1 Å². The molecule has 2 N–H and O–H groups in total. The van der Waals surface area contributed by atoms with Crippen LogP contribution >= 0.6 is 12.2 Å². The van der Waals surface area contributed by atoms with E-state index < -0.39 is 0 Å². The Morgan fingerprint density at radius 3 is 2.81 bits per heavy atom. The van der Waals surface area contributed by atoms with Crippen LogP contribution in [0.3, 0.4) is 0 Å². The van der Waals surface area contributed by atoms with E-state index in [2.05, 4.69) is 32.4 Å². The van der Waals surface area contributed by atoms with Gasteiger partial charge in [-0.05, 0) is 57.5 Å². The van der Waals surface area contributed by atoms with E-state index in [0.717, 1.165) is 31.1 Å². The predicted molar refractivity (Wildman–Crippen MR) is 109 cm³/mol. The van der Waals surface area contributed by atoms with E-state index in [1.807, 2.05) is 43.3 Å². The molecule has 1 aliphatic heterocycles. The van der Waals surface area contributed by atoms with Gasteiger partial charge >= 0.3 is 0 Å². The minimum atomic E-state index is 0.441. The molecule has 1 saturated heterocycles. The molecule has 2 heterocycles. The van der Waals surface area contributed by atoms with Gasteiger partial charge in [0.25, 0.3) is 0 Å². The van der Waals surface area contributed by atoms with Gasteiger partial charge in [-0.15, -0.1) is 0 Å². The first-order valence-electron chi connectivity index (χ1n) is 9.09. The highest BCUT2D eigenvalue weighted by atomic mass is 32.1. The molecular weight excluding hydrogens is 346 g/mol. The molecule has 0 amide bonds. The van der Waals surface area contributed by atoms with E-state index in [-0.39, 0.29) is 0 Å². The van der Waals surface area contributed by atoms with Gasteiger partial charge in [0, 0.05) is 25.2 Å². The SMILES string of the molecule is CCNC(=S)Nc1nc(Oc2ccccc2)cc(N2CCCC[C@H]2C)n1. The number of piperidine rings is 1. The lowest BCUT2D eigenvalue weighted by Crippen LogP contribution is -2.38. The van der Waals surface area contributed by atoms with Crippen LogP contribution in [-0.2, 0) is 0 Å². The summed E-state index contributed by atoms with van der Waals surface area (Å²) in [5.74, 6) is 2.54. The molecule has 0 unspecified atom stereocenters. The van der Waals surface area contributed by atoms with Crippen molar-refractivity contribution in [2.45, 2.75) is 39.2 Å². The highest BCUT2D eigenvalue weighted by molar-refractivity contribution is 7.80. The Morgan fingerprint density at radius 2 is 2.08 bits per heavy atom. The third kappa shape index (κ3) is 4.82. The summed E-state index contributed by atoms with van der Waals surface area (Å²) in [5, 5.41) is 6.61. The second-order valence-electron chi connectivity index (χ2n) is 6.33. The van der Waals surface area contributed by atoms with E-state index in [1.54, 1.807) is 0 Å². The number of ether oxygens (including phenoxy) is 1. The smallest absolute Gasteiger partial charge is 0.234 e. The van der Waals surface area contributed by atoms with Crippen LogP contribution in [0.15, 0.2) is 36.4 Å². The Hall–Kier alpha value is -2.41. The van der Waals surface area contributed by atoms with Crippen LogP contribution in [0.1, 0.15) is 33.1 Å². The first kappa shape index (κ1) is 18.4. The number of aromatic nitrogens is 2. The third-order valence-corrected chi connectivity index (χ3v) is 4.56. The summed E-state index contributed by atoms with van der Waals surface area (Å²) < 4.78 is 5.95. The van der Waals surface area contributed by atoms with E-state index in [1.165, 1.54) is 12.8 Å². The largest absolute Gasteiger partial charge is 0.439 e. The van der Waals surface area contributed by atoms with Gasteiger partial charge in [0.05, 0.1) is 0 Å². The second-order valence-corrected chi connectivity index (χ2v) is 6.73. The molecule has 26 heavy (non-hydrogen) atoms. The highest BCUT2D eigenvalue weighted by Crippen LogP contribution is 2.28. The minimum absolute atomic E-state index is 0.441. The lowest BCUT2D eigenvalue weighted by atomic mass is 10.0. The lowest BCUT2D eigenvalue weighted by Gasteiger charge is -2.34. The van der Waals surface area contributed by atoms with Crippen molar-refractivity contribution < 1.29 is 4.74 Å². The maximum atomic E-state index is 5.95. The average molecular weight is 372 g/mol. The summed E-state index contributed by atoms with van der Waals surface area (Å²) in [6, 6.07) is 12.0. The van der Waals surface area contributed by atoms with Gasteiger partial charge < -0.3 is 20.3 Å². The minimum Gasteiger partial charge on any atom is -0.439 e. The molecule has 0 bridgehead atoms. The Bertz CT molecular complexity index is 740. The standard InChI is InChI=1S/C19H25N5OS/c1-3-20-19(26)23-18-21-16(24-12-8-7-9-14(24)2)13-17(22-18)25-15-10-5-4-6-11-15/h4-6,10-11,13-14H,3,7-9,12H2,1-2H3,(H2,20,21,22,23,26)/t14-/m1/s1. The average Bonchev–Trinajstić information content (AvgIpc) is 2.63. The van der Waals surface area contributed by atoms with Crippen LogP contribution in [0, 0.1) is 0 Å². The molecule has 0 radical (unpaired) electrons. The number of anilines is 2. The summed E-state index contributed by atoms with van der Waals surface area (Å²) in [7, 11) is 0. The van der Waals surface area contributed by atoms with Crippen molar-refractivity contribution in [2.75, 3.05) is 23.3 Å². The predicted octanol–water partition coefficient (Wildman–Crippen LogP) is 3.95. The van der Waals surface area contributed by atoms with Gasteiger partial charge in [-0.1, -0.05) is 18.2 Å². The number of nitrogens with one attached hydrogen (secondary N) is 2. The van der Waals surface area contributed by atoms with E-state index in [0.29, 0.717) is 23.0 Å². The van der Waals surface area contributed by atoms with Crippen molar-refractivity contribution in [3.8, 4) is 11.6 Å². The maximum absolute atomic E-state index is 5.95. The van der Waals surface area contributed by atoms with Crippen LogP contribution in [0.25, 0.3) is 0 Å². The van der Waals surface area contributed by atoms with Crippen LogP contribution in [0.4, 0.5) is 11.8 Å². The first-order valence-corrected chi connectivity index (χ1v) is 9.50. The monoisotopic (exact) mass is 371 g/mol. The number of thiocarbonyl (C=S) groups is 1. The zero-order valence-corrected chi connectivity index (χ0v) is 16.1. The van der Waals surface area contributed by atoms with Crippen molar-refractivity contribution in [2.24, 2.45) is 0 Å². The second kappa shape index (κ2) is 8.80. The number of hydrogen-bond donors (Lipinski definition) is 2. The number of benzene rings is 1. The van der Waals surface area contributed by atoms with E-state index >= 15 is 0 Å². The molecule has 1 aromatic heterocycles. The molecule has 3 rings (SSSR count). The number of hydrogen-bond acceptors (Lipinski definition) is 5. The van der Waals surface area contributed by atoms with Crippen molar-refractivity contribution in [3.05, 3.63) is 36.4 Å². The molecule has 0 spiro atoms. The molecule has 1 aromatic carbocycles. The maximum Gasteiger partial charge on any atom is 0.234 e. The Kier molecular flexibility index (Phi) is 6.22. The third-order valence-electron chi connectivity index (χ3n) is 4.31. The summed E-state index contributed by atoms with van der Waals surface area (Å²) in [5.41, 5.74) is 0. The molecule has 138 valence electrons. The van der Waals surface area contributed by atoms with Crippen molar-refractivity contribution in [1.82, 2.24) is 15.3 Å². The Labute approximate surface area is 160 Å². The van der Waals surface area contributed by atoms with Crippen LogP contribution in [0.5, 0.6) is 11.6 Å². The number of para-hydroxylation sites is 1. The fraction of sp³-hybridized carbons (Fsp3) is 0.421. The molecular formula is C19H25N5OS. The molecule has 1 fully saturated rings. The van der Waals surface area contributed by atoms with Crippen LogP contribution in [-0.4, -0.2) is 34.2 Å². The summed E-state index contributed by atoms with van der Waals surface area (Å²) in [6.07, 6.45) is 3.59. The first-order chi connectivity index (χ1) is 12.7. The molecule has 0 aliphatic carbocycles. The van der Waals surface area contributed by atoms with Crippen molar-refractivity contribution in [1.29, 1.82) is 0 Å². The highest BCUT2D eigenvalue weighted by Gasteiger charge is 2.21. The van der Waals surface area contributed by atoms with Crippen LogP contribution < -0.4 is 20.3 Å². The van der Waals surface area contributed by atoms with Gasteiger partial charge in [-0.2, -0.15) is 9.97 Å². The molecule has 2 aromatic rings. The molecule has 7 heteroatoms. The van der Waals surface area contributed by atoms with Gasteiger partial charge in [-0.25, -0.2) is 0 Å². The molecule has 6 nitrogen and oxygen atoms in total. The molecule has 1 atom stereocenters. The van der Waals surface area contributed by atoms with E-state index in [4.69, 9.17) is 17.0 Å². The fourth-order valence-corrected chi connectivity index (χ4v) is 3.26. The van der Waals surface area contributed by atoms with Gasteiger partial charge in [0.15, 0.2) is 5.11 Å². The molecule has 0 saturated carbocycles. The number of nitrogens with zero attached hydrogens (tertiary/aromatic N) is 3. The van der Waals surface area contributed by atoms with Gasteiger partial charge in [-0.3, -0.25) is 0 Å². The summed E-state index contributed by atoms with van der Waals surface area (Å²) in [4.78, 5) is 11.4. The lowest BCUT2D eigenvalue weighted by molar-refractivity contribution is 0.457. The van der Waals surface area contributed by atoms with Gasteiger partial charge in [0.2, 0.25) is 11.8 Å². The van der Waals surface area contributed by atoms with Crippen molar-refractivity contribution in [3.63, 3.8) is 0 Å². The topological polar surface area (TPSA) is 62.3 Å². The summed E-state index contributed by atoms with van der Waals surface area (Å²) in [6.45, 7) is 5.95. The zero-order valence-electron chi connectivity index (χ0n) is 15.2. The Balaban J connectivity index is 1.89. The fourth-order valence-electron chi connectivity index (χ4n) is 3.02. The Morgan fingerprint density at radius 1 is 1.27 bits per heavy atom. The van der Waals surface area contributed by atoms with Crippen LogP contribution in [0.2, 0.25) is 0 Å². The molecule has 1 aliphatic rings. The summed E-state index contributed by atoms with van der Waals surface area (Å²) >= 11 is 5.27. The number of rotatable bonds is 5. The quantitative estimate of drug-likeness (QED) is 0.772. The normalized spacial score (nSPS) is 16.8. The zero-order chi connectivity index (χ0) is 18.4. The van der Waals surface area contributed by atoms with Gasteiger partial charge in [0.1, 0.15) is 11.6 Å². The van der Waals surface area contributed by atoms with E-state index in [9.17, 15) is 0 Å².